The van der Waals surface area contributed by atoms with Crippen molar-refractivity contribution in [2.75, 3.05) is 6.61 Å². The van der Waals surface area contributed by atoms with E-state index in [0.29, 0.717) is 4.88 Å². The number of halogens is 3. The van der Waals surface area contributed by atoms with Crippen LogP contribution in [0.1, 0.15) is 15.2 Å². The molecule has 0 fully saturated rings. The molecule has 0 atom stereocenters. The third-order valence-corrected chi connectivity index (χ3v) is 2.42. The van der Waals surface area contributed by atoms with Crippen LogP contribution in [0.15, 0.2) is 11.4 Å². The predicted octanol–water partition coefficient (Wildman–Crippen LogP) is 2.03. The van der Waals surface area contributed by atoms with E-state index in [1.165, 1.54) is 11.4 Å². The minimum Gasteiger partial charge on any atom is -0.478 e. The summed E-state index contributed by atoms with van der Waals surface area (Å²) in [4.78, 5) is 15.2. The van der Waals surface area contributed by atoms with Gasteiger partial charge in [0.2, 0.25) is 0 Å². The molecule has 1 aromatic heterocycles. The number of alkyl halides is 3. The van der Waals surface area contributed by atoms with Crippen LogP contribution < -0.4 is 5.48 Å². The Morgan fingerprint density at radius 2 is 2.25 bits per heavy atom. The summed E-state index contributed by atoms with van der Waals surface area (Å²) in [5.74, 6) is -1.07. The van der Waals surface area contributed by atoms with Gasteiger partial charge in [-0.3, -0.25) is 4.84 Å². The zero-order valence-electron chi connectivity index (χ0n) is 7.87. The van der Waals surface area contributed by atoms with Gasteiger partial charge in [-0.05, 0) is 6.07 Å². The summed E-state index contributed by atoms with van der Waals surface area (Å²) >= 11 is 1.13. The molecule has 0 saturated carbocycles. The monoisotopic (exact) mass is 255 g/mol. The summed E-state index contributed by atoms with van der Waals surface area (Å²) in [5.41, 5.74) is 2.22. The molecule has 0 aliphatic heterocycles. The normalized spacial score (nSPS) is 11.7. The fraction of sp³-hybridized carbons (Fsp3) is 0.375. The van der Waals surface area contributed by atoms with Gasteiger partial charge < -0.3 is 5.11 Å². The topological polar surface area (TPSA) is 58.6 Å². The van der Waals surface area contributed by atoms with Crippen LogP contribution in [0, 0.1) is 0 Å². The Morgan fingerprint density at radius 3 is 2.75 bits per heavy atom. The lowest BCUT2D eigenvalue weighted by Crippen LogP contribution is -2.24. The van der Waals surface area contributed by atoms with Gasteiger partial charge in [-0.1, -0.05) is 0 Å². The van der Waals surface area contributed by atoms with E-state index in [-0.39, 0.29) is 12.1 Å². The number of carboxylic acids is 1. The van der Waals surface area contributed by atoms with Gasteiger partial charge in [0.05, 0.1) is 12.1 Å². The highest BCUT2D eigenvalue weighted by Crippen LogP contribution is 2.16. The van der Waals surface area contributed by atoms with Crippen LogP contribution in [0.5, 0.6) is 0 Å². The molecule has 1 heterocycles. The van der Waals surface area contributed by atoms with Gasteiger partial charge in [-0.15, -0.1) is 11.3 Å². The molecule has 0 aromatic carbocycles. The molecule has 1 aromatic rings. The molecule has 4 nitrogen and oxygen atoms in total. The van der Waals surface area contributed by atoms with Crippen LogP contribution in [0.4, 0.5) is 13.2 Å². The van der Waals surface area contributed by atoms with Crippen LogP contribution in [0.2, 0.25) is 0 Å². The van der Waals surface area contributed by atoms with Crippen molar-refractivity contribution in [3.8, 4) is 0 Å². The summed E-state index contributed by atoms with van der Waals surface area (Å²) in [5, 5.41) is 9.99. The molecule has 0 radical (unpaired) electrons. The number of hydroxylamine groups is 1. The zero-order valence-corrected chi connectivity index (χ0v) is 8.69. The Balaban J connectivity index is 2.30. The molecule has 0 aliphatic carbocycles. The van der Waals surface area contributed by atoms with Gasteiger partial charge in [0.25, 0.3) is 0 Å². The number of carboxylic acid groups (broad SMARTS) is 1. The quantitative estimate of drug-likeness (QED) is 0.624. The minimum atomic E-state index is -4.38. The largest absolute Gasteiger partial charge is 0.478 e. The van der Waals surface area contributed by atoms with Crippen molar-refractivity contribution in [1.29, 1.82) is 0 Å². The number of rotatable bonds is 5. The van der Waals surface area contributed by atoms with Crippen LogP contribution >= 0.6 is 11.3 Å². The van der Waals surface area contributed by atoms with Crippen LogP contribution in [-0.4, -0.2) is 23.9 Å². The van der Waals surface area contributed by atoms with Crippen LogP contribution in [-0.2, 0) is 11.4 Å². The smallest absolute Gasteiger partial charge is 0.413 e. The lowest BCUT2D eigenvalue weighted by Gasteiger charge is -2.07. The van der Waals surface area contributed by atoms with Gasteiger partial charge in [0.1, 0.15) is 0 Å². The van der Waals surface area contributed by atoms with Crippen molar-refractivity contribution in [3.05, 3.63) is 21.9 Å². The molecular weight excluding hydrogens is 247 g/mol. The van der Waals surface area contributed by atoms with E-state index >= 15 is 0 Å². The highest BCUT2D eigenvalue weighted by Gasteiger charge is 2.27. The van der Waals surface area contributed by atoms with Crippen molar-refractivity contribution in [1.82, 2.24) is 5.48 Å². The lowest BCUT2D eigenvalue weighted by molar-refractivity contribution is -0.190. The number of thiophene rings is 1. The van der Waals surface area contributed by atoms with Crippen LogP contribution in [0.3, 0.4) is 0 Å². The molecular formula is C8H8F3NO3S. The maximum absolute atomic E-state index is 11.7. The third kappa shape index (κ3) is 4.60. The van der Waals surface area contributed by atoms with E-state index in [0.717, 1.165) is 11.3 Å². The van der Waals surface area contributed by atoms with Gasteiger partial charge in [-0.25, -0.2) is 4.79 Å². The summed E-state index contributed by atoms with van der Waals surface area (Å²) in [6, 6.07) is 1.37. The Labute approximate surface area is 92.6 Å². The Morgan fingerprint density at radius 1 is 1.56 bits per heavy atom. The second-order valence-corrected chi connectivity index (χ2v) is 3.83. The predicted molar refractivity (Wildman–Crippen MR) is 50.1 cm³/mol. The molecule has 0 spiro atoms. The Kier molecular flexibility index (Phi) is 4.27. The van der Waals surface area contributed by atoms with Gasteiger partial charge in [0, 0.05) is 10.3 Å². The second-order valence-electron chi connectivity index (χ2n) is 2.83. The van der Waals surface area contributed by atoms with E-state index in [2.05, 4.69) is 10.3 Å². The first-order valence-corrected chi connectivity index (χ1v) is 4.98. The summed E-state index contributed by atoms with van der Waals surface area (Å²) in [6.07, 6.45) is -4.38. The lowest BCUT2D eigenvalue weighted by atomic mass is 10.3. The number of nitrogens with one attached hydrogen (secondary N) is 1. The minimum absolute atomic E-state index is 0.0357. The number of carbonyl (C=O) groups is 1. The maximum Gasteiger partial charge on any atom is 0.413 e. The molecule has 0 bridgehead atoms. The molecule has 0 saturated heterocycles. The molecule has 16 heavy (non-hydrogen) atoms. The fourth-order valence-corrected chi connectivity index (χ4v) is 1.62. The third-order valence-electron chi connectivity index (χ3n) is 1.49. The summed E-state index contributed by atoms with van der Waals surface area (Å²) in [7, 11) is 0. The first kappa shape index (κ1) is 12.9. The van der Waals surface area contributed by atoms with E-state index in [4.69, 9.17) is 5.11 Å². The molecule has 8 heteroatoms. The van der Waals surface area contributed by atoms with Crippen molar-refractivity contribution >= 4 is 17.3 Å². The van der Waals surface area contributed by atoms with E-state index in [1.807, 2.05) is 0 Å². The average Bonchev–Trinajstić information content (AvgIpc) is 2.59. The SMILES string of the molecule is O=C(O)c1csc(CNOCC(F)(F)F)c1. The standard InChI is InChI=1S/C8H8F3NO3S/c9-8(10,11)4-15-12-2-6-1-5(3-16-6)7(13)14/h1,3,12H,2,4H2,(H,13,14). The first-order valence-electron chi connectivity index (χ1n) is 4.10. The van der Waals surface area contributed by atoms with Crippen molar-refractivity contribution in [2.24, 2.45) is 0 Å². The summed E-state index contributed by atoms with van der Waals surface area (Å²) < 4.78 is 35.0. The van der Waals surface area contributed by atoms with Crippen molar-refractivity contribution < 1.29 is 27.9 Å². The highest BCUT2D eigenvalue weighted by atomic mass is 32.1. The average molecular weight is 255 g/mol. The van der Waals surface area contributed by atoms with E-state index < -0.39 is 18.8 Å². The molecule has 0 aliphatic rings. The van der Waals surface area contributed by atoms with Gasteiger partial charge >= 0.3 is 12.1 Å². The van der Waals surface area contributed by atoms with Crippen LogP contribution in [0.25, 0.3) is 0 Å². The zero-order chi connectivity index (χ0) is 12.2. The molecule has 2 N–H and O–H groups in total. The fourth-order valence-electron chi connectivity index (χ4n) is 0.841. The van der Waals surface area contributed by atoms with E-state index in [1.54, 1.807) is 0 Å². The molecule has 0 unspecified atom stereocenters. The Bertz CT molecular complexity index is 364. The number of hydrogen-bond donors (Lipinski definition) is 2. The summed E-state index contributed by atoms with van der Waals surface area (Å²) in [6.45, 7) is -1.35. The molecule has 90 valence electrons. The van der Waals surface area contributed by atoms with Gasteiger partial charge in [-0.2, -0.15) is 18.7 Å². The molecule has 0 amide bonds. The number of hydrogen-bond acceptors (Lipinski definition) is 4. The first-order chi connectivity index (χ1) is 7.38. The maximum atomic E-state index is 11.7. The molecule has 1 rings (SSSR count). The second kappa shape index (κ2) is 5.28. The Hall–Kier alpha value is -1.12. The van der Waals surface area contributed by atoms with Crippen molar-refractivity contribution in [2.45, 2.75) is 12.7 Å². The van der Waals surface area contributed by atoms with E-state index in [9.17, 15) is 18.0 Å². The highest BCUT2D eigenvalue weighted by molar-refractivity contribution is 7.10. The number of aromatic carboxylic acids is 1. The van der Waals surface area contributed by atoms with Gasteiger partial charge in [0.15, 0.2) is 6.61 Å². The van der Waals surface area contributed by atoms with Crippen molar-refractivity contribution in [3.63, 3.8) is 0 Å².